The van der Waals surface area contributed by atoms with E-state index in [2.05, 4.69) is 20.4 Å². The summed E-state index contributed by atoms with van der Waals surface area (Å²) in [5.41, 5.74) is 9.70. The Balaban J connectivity index is 1.60. The Hall–Kier alpha value is -3.49. The Morgan fingerprint density at radius 1 is 1.21 bits per heavy atom. The first-order chi connectivity index (χ1) is 13.8. The maximum atomic E-state index is 12.3. The highest BCUT2D eigenvalue weighted by Gasteiger charge is 2.20. The van der Waals surface area contributed by atoms with Crippen molar-refractivity contribution in [3.63, 3.8) is 0 Å². The minimum absolute atomic E-state index is 0.112. The molecule has 1 aromatic carbocycles. The zero-order valence-electron chi connectivity index (χ0n) is 16.9. The normalized spacial score (nSPS) is 12.0. The van der Waals surface area contributed by atoms with Gasteiger partial charge in [-0.3, -0.25) is 9.59 Å². The van der Waals surface area contributed by atoms with E-state index in [1.807, 2.05) is 39.0 Å². The van der Waals surface area contributed by atoms with Crippen LogP contribution in [0.25, 0.3) is 5.78 Å². The SMILES string of the molecule is Cc1ccccc1NC(=O)C(C)OC(=O)CCc1c(C)nc2nc(N)nn2c1C. The van der Waals surface area contributed by atoms with Gasteiger partial charge in [0.05, 0.1) is 0 Å². The molecular weight excluding hydrogens is 372 g/mol. The summed E-state index contributed by atoms with van der Waals surface area (Å²) in [7, 11) is 0. The largest absolute Gasteiger partial charge is 0.453 e. The van der Waals surface area contributed by atoms with E-state index >= 15 is 0 Å². The molecule has 29 heavy (non-hydrogen) atoms. The van der Waals surface area contributed by atoms with Crippen molar-refractivity contribution in [3.8, 4) is 0 Å². The molecule has 0 spiro atoms. The van der Waals surface area contributed by atoms with E-state index < -0.39 is 12.1 Å². The second kappa shape index (κ2) is 8.26. The fourth-order valence-electron chi connectivity index (χ4n) is 3.07. The molecule has 1 amide bonds. The first kappa shape index (κ1) is 20.2. The number of aryl methyl sites for hydroxylation is 3. The number of ether oxygens (including phenoxy) is 1. The van der Waals surface area contributed by atoms with E-state index in [9.17, 15) is 9.59 Å². The average Bonchev–Trinajstić information content (AvgIpc) is 3.03. The molecule has 3 N–H and O–H groups in total. The van der Waals surface area contributed by atoms with Crippen LogP contribution in [0.5, 0.6) is 0 Å². The second-order valence-electron chi connectivity index (χ2n) is 6.88. The number of benzene rings is 1. The van der Waals surface area contributed by atoms with Gasteiger partial charge in [-0.15, -0.1) is 5.10 Å². The van der Waals surface area contributed by atoms with E-state index in [1.54, 1.807) is 17.5 Å². The third-order valence-corrected chi connectivity index (χ3v) is 4.72. The molecule has 2 aromatic heterocycles. The maximum Gasteiger partial charge on any atom is 0.306 e. The lowest BCUT2D eigenvalue weighted by Gasteiger charge is -2.15. The number of para-hydroxylation sites is 1. The quantitative estimate of drug-likeness (QED) is 0.612. The summed E-state index contributed by atoms with van der Waals surface area (Å²) in [5, 5.41) is 6.89. The van der Waals surface area contributed by atoms with E-state index in [0.717, 1.165) is 22.5 Å². The standard InChI is InChI=1S/C20H24N6O3/c1-11-7-5-6-8-16(11)23-18(28)14(4)29-17(27)10-9-15-12(2)22-20-24-19(21)25-26(20)13(15)3/h5-8,14H,9-10H2,1-4H3,(H2,21,25)(H,23,28). The van der Waals surface area contributed by atoms with E-state index in [4.69, 9.17) is 10.5 Å². The number of hydrogen-bond donors (Lipinski definition) is 2. The smallest absolute Gasteiger partial charge is 0.306 e. The molecule has 0 fully saturated rings. The van der Waals surface area contributed by atoms with Crippen LogP contribution in [0.4, 0.5) is 11.6 Å². The van der Waals surface area contributed by atoms with E-state index in [0.29, 0.717) is 17.9 Å². The van der Waals surface area contributed by atoms with Crippen LogP contribution >= 0.6 is 0 Å². The first-order valence-corrected chi connectivity index (χ1v) is 9.30. The Morgan fingerprint density at radius 2 is 1.93 bits per heavy atom. The monoisotopic (exact) mass is 396 g/mol. The van der Waals surface area contributed by atoms with Gasteiger partial charge < -0.3 is 15.8 Å². The number of aromatic nitrogens is 4. The van der Waals surface area contributed by atoms with Crippen LogP contribution in [0.2, 0.25) is 0 Å². The highest BCUT2D eigenvalue weighted by molar-refractivity contribution is 5.95. The molecule has 9 heteroatoms. The molecule has 0 aliphatic heterocycles. The van der Waals surface area contributed by atoms with Crippen LogP contribution in [0.15, 0.2) is 24.3 Å². The van der Waals surface area contributed by atoms with Gasteiger partial charge in [0.1, 0.15) is 0 Å². The van der Waals surface area contributed by atoms with Gasteiger partial charge in [0.2, 0.25) is 5.95 Å². The molecule has 0 saturated heterocycles. The zero-order valence-corrected chi connectivity index (χ0v) is 16.9. The number of nitrogen functional groups attached to an aromatic ring is 1. The van der Waals surface area contributed by atoms with E-state index in [1.165, 1.54) is 0 Å². The molecule has 0 bridgehead atoms. The van der Waals surface area contributed by atoms with Crippen molar-refractivity contribution in [2.75, 3.05) is 11.1 Å². The molecule has 0 aliphatic carbocycles. The highest BCUT2D eigenvalue weighted by Crippen LogP contribution is 2.17. The van der Waals surface area contributed by atoms with E-state index in [-0.39, 0.29) is 18.3 Å². The number of hydrogen-bond acceptors (Lipinski definition) is 7. The van der Waals surface area contributed by atoms with Crippen molar-refractivity contribution in [1.29, 1.82) is 0 Å². The Bertz CT molecular complexity index is 1080. The highest BCUT2D eigenvalue weighted by atomic mass is 16.5. The summed E-state index contributed by atoms with van der Waals surface area (Å²) < 4.78 is 6.85. The summed E-state index contributed by atoms with van der Waals surface area (Å²) in [6.07, 6.45) is -0.383. The van der Waals surface area contributed by atoms with Gasteiger partial charge in [0, 0.05) is 23.5 Å². The molecule has 0 radical (unpaired) electrons. The summed E-state index contributed by atoms with van der Waals surface area (Å²) in [6, 6.07) is 7.41. The van der Waals surface area contributed by atoms with Crippen LogP contribution in [0, 0.1) is 20.8 Å². The Morgan fingerprint density at radius 3 is 2.66 bits per heavy atom. The second-order valence-corrected chi connectivity index (χ2v) is 6.88. The number of fused-ring (bicyclic) bond motifs is 1. The third-order valence-electron chi connectivity index (χ3n) is 4.72. The molecule has 9 nitrogen and oxygen atoms in total. The van der Waals surface area contributed by atoms with Gasteiger partial charge in [-0.2, -0.15) is 9.50 Å². The number of amides is 1. The lowest BCUT2D eigenvalue weighted by Crippen LogP contribution is -2.30. The molecular formula is C20H24N6O3. The number of carbonyl (C=O) groups is 2. The van der Waals surface area contributed by atoms with Crippen LogP contribution in [-0.2, 0) is 20.7 Å². The van der Waals surface area contributed by atoms with Gasteiger partial charge in [0.25, 0.3) is 11.7 Å². The topological polar surface area (TPSA) is 124 Å². The van der Waals surface area contributed by atoms with Crippen molar-refractivity contribution < 1.29 is 14.3 Å². The lowest BCUT2D eigenvalue weighted by molar-refractivity contribution is -0.153. The van der Waals surface area contributed by atoms with Gasteiger partial charge in [-0.25, -0.2) is 4.98 Å². The summed E-state index contributed by atoms with van der Waals surface area (Å²) in [4.78, 5) is 33.0. The number of carbonyl (C=O) groups excluding carboxylic acids is 2. The van der Waals surface area contributed by atoms with Crippen molar-refractivity contribution in [1.82, 2.24) is 19.6 Å². The minimum Gasteiger partial charge on any atom is -0.453 e. The zero-order chi connectivity index (χ0) is 21.1. The van der Waals surface area contributed by atoms with Crippen LogP contribution < -0.4 is 11.1 Å². The van der Waals surface area contributed by atoms with Crippen LogP contribution in [0.1, 0.15) is 35.9 Å². The lowest BCUT2D eigenvalue weighted by atomic mass is 10.1. The Labute approximate surface area is 168 Å². The van der Waals surface area contributed by atoms with Crippen molar-refractivity contribution in [2.24, 2.45) is 0 Å². The number of nitrogens with zero attached hydrogens (tertiary/aromatic N) is 4. The van der Waals surface area contributed by atoms with Crippen LogP contribution in [-0.4, -0.2) is 37.6 Å². The number of nitrogens with two attached hydrogens (primary N) is 1. The molecule has 0 aliphatic rings. The summed E-state index contributed by atoms with van der Waals surface area (Å²) in [5.74, 6) is -0.272. The average molecular weight is 396 g/mol. The maximum absolute atomic E-state index is 12.3. The molecule has 2 heterocycles. The summed E-state index contributed by atoms with van der Waals surface area (Å²) >= 11 is 0. The first-order valence-electron chi connectivity index (χ1n) is 9.30. The number of anilines is 2. The number of nitrogens with one attached hydrogen (secondary N) is 1. The number of rotatable bonds is 6. The number of esters is 1. The molecule has 3 aromatic rings. The van der Waals surface area contributed by atoms with Gasteiger partial charge in [-0.05, 0) is 51.3 Å². The third kappa shape index (κ3) is 4.50. The van der Waals surface area contributed by atoms with Gasteiger partial charge in [0.15, 0.2) is 6.10 Å². The molecule has 152 valence electrons. The van der Waals surface area contributed by atoms with Crippen molar-refractivity contribution in [3.05, 3.63) is 46.8 Å². The van der Waals surface area contributed by atoms with Crippen LogP contribution in [0.3, 0.4) is 0 Å². The van der Waals surface area contributed by atoms with Gasteiger partial charge >= 0.3 is 5.97 Å². The Kier molecular flexibility index (Phi) is 5.76. The molecule has 1 atom stereocenters. The summed E-state index contributed by atoms with van der Waals surface area (Å²) in [6.45, 7) is 7.16. The van der Waals surface area contributed by atoms with Crippen molar-refractivity contribution >= 4 is 29.3 Å². The fourth-order valence-corrected chi connectivity index (χ4v) is 3.07. The predicted molar refractivity (Wildman–Crippen MR) is 108 cm³/mol. The van der Waals surface area contributed by atoms with Gasteiger partial charge in [-0.1, -0.05) is 18.2 Å². The fraction of sp³-hybridized carbons (Fsp3) is 0.350. The molecule has 1 unspecified atom stereocenters. The molecule has 3 rings (SSSR count). The molecule has 0 saturated carbocycles. The minimum atomic E-state index is -0.903. The van der Waals surface area contributed by atoms with Crippen molar-refractivity contribution in [2.45, 2.75) is 46.6 Å². The predicted octanol–water partition coefficient (Wildman–Crippen LogP) is 2.13.